The first-order valence-corrected chi connectivity index (χ1v) is 7.37. The van der Waals surface area contributed by atoms with Crippen LogP contribution >= 0.6 is 0 Å². The van der Waals surface area contributed by atoms with Gasteiger partial charge < -0.3 is 10.6 Å². The lowest BCUT2D eigenvalue weighted by atomic mass is 10.1. The van der Waals surface area contributed by atoms with Gasteiger partial charge in [0.25, 0.3) is 5.91 Å². The average Bonchev–Trinajstić information content (AvgIpc) is 2.53. The van der Waals surface area contributed by atoms with E-state index in [4.69, 9.17) is 0 Å². The van der Waals surface area contributed by atoms with Crippen molar-refractivity contribution < 1.29 is 4.79 Å². The number of amides is 1. The van der Waals surface area contributed by atoms with Crippen LogP contribution in [-0.4, -0.2) is 48.5 Å². The highest BCUT2D eigenvalue weighted by atomic mass is 16.1. The topological polar surface area (TPSA) is 57.3 Å². The van der Waals surface area contributed by atoms with E-state index in [9.17, 15) is 4.79 Å². The summed E-state index contributed by atoms with van der Waals surface area (Å²) in [5.74, 6) is 0.715. The third-order valence-electron chi connectivity index (χ3n) is 3.85. The van der Waals surface area contributed by atoms with E-state index in [0.29, 0.717) is 18.2 Å². The van der Waals surface area contributed by atoms with Gasteiger partial charge in [-0.25, -0.2) is 4.98 Å². The molecule has 1 saturated heterocycles. The van der Waals surface area contributed by atoms with Crippen molar-refractivity contribution in [3.05, 3.63) is 23.9 Å². The van der Waals surface area contributed by atoms with Crippen molar-refractivity contribution in [2.24, 2.45) is 0 Å². The van der Waals surface area contributed by atoms with E-state index in [1.165, 1.54) is 19.3 Å². The van der Waals surface area contributed by atoms with E-state index in [1.54, 1.807) is 12.3 Å². The smallest absolute Gasteiger partial charge is 0.252 e. The summed E-state index contributed by atoms with van der Waals surface area (Å²) >= 11 is 0. The van der Waals surface area contributed by atoms with E-state index in [1.807, 2.05) is 13.1 Å². The van der Waals surface area contributed by atoms with Crippen LogP contribution in [0.4, 0.5) is 5.82 Å². The van der Waals surface area contributed by atoms with Gasteiger partial charge in [-0.05, 0) is 45.0 Å². The maximum absolute atomic E-state index is 12.0. The van der Waals surface area contributed by atoms with Crippen LogP contribution in [0.5, 0.6) is 0 Å². The van der Waals surface area contributed by atoms with E-state index in [2.05, 4.69) is 27.4 Å². The molecule has 0 spiro atoms. The SMILES string of the molecule is CNc1ccc(C(=O)NCC(C)N2CCCCC2)cn1. The molecule has 0 saturated carbocycles. The second-order valence-electron chi connectivity index (χ2n) is 5.34. The van der Waals surface area contributed by atoms with Gasteiger partial charge in [0.05, 0.1) is 5.56 Å². The number of anilines is 1. The quantitative estimate of drug-likeness (QED) is 0.860. The molecule has 5 heteroatoms. The number of rotatable bonds is 5. The number of nitrogens with one attached hydrogen (secondary N) is 2. The number of carbonyl (C=O) groups is 1. The van der Waals surface area contributed by atoms with Crippen LogP contribution in [-0.2, 0) is 0 Å². The minimum Gasteiger partial charge on any atom is -0.373 e. The molecule has 1 fully saturated rings. The maximum atomic E-state index is 12.0. The molecule has 0 radical (unpaired) electrons. The van der Waals surface area contributed by atoms with Crippen LogP contribution < -0.4 is 10.6 Å². The Labute approximate surface area is 120 Å². The fourth-order valence-electron chi connectivity index (χ4n) is 2.51. The van der Waals surface area contributed by atoms with Gasteiger partial charge in [-0.1, -0.05) is 6.42 Å². The number of hydrogen-bond acceptors (Lipinski definition) is 4. The van der Waals surface area contributed by atoms with Crippen LogP contribution in [0.25, 0.3) is 0 Å². The summed E-state index contributed by atoms with van der Waals surface area (Å²) in [4.78, 5) is 18.6. The molecule has 0 bridgehead atoms. The summed E-state index contributed by atoms with van der Waals surface area (Å²) < 4.78 is 0. The normalized spacial score (nSPS) is 17.5. The zero-order valence-corrected chi connectivity index (χ0v) is 12.4. The summed E-state index contributed by atoms with van der Waals surface area (Å²) in [6.45, 7) is 5.16. The molecule has 0 aliphatic carbocycles. The molecule has 2 heterocycles. The van der Waals surface area contributed by atoms with Crippen molar-refractivity contribution in [3.63, 3.8) is 0 Å². The number of carbonyl (C=O) groups excluding carboxylic acids is 1. The number of pyridine rings is 1. The maximum Gasteiger partial charge on any atom is 0.252 e. The molecular formula is C15H24N4O. The molecular weight excluding hydrogens is 252 g/mol. The van der Waals surface area contributed by atoms with Crippen LogP contribution in [0.3, 0.4) is 0 Å². The first-order chi connectivity index (χ1) is 9.70. The van der Waals surface area contributed by atoms with Gasteiger partial charge in [-0.3, -0.25) is 9.69 Å². The van der Waals surface area contributed by atoms with Crippen molar-refractivity contribution in [1.82, 2.24) is 15.2 Å². The number of aromatic nitrogens is 1. The molecule has 1 aromatic heterocycles. The Bertz CT molecular complexity index is 426. The summed E-state index contributed by atoms with van der Waals surface area (Å²) in [5.41, 5.74) is 0.606. The predicted octanol–water partition coefficient (Wildman–Crippen LogP) is 1.73. The lowest BCUT2D eigenvalue weighted by molar-refractivity contribution is 0.0929. The van der Waals surface area contributed by atoms with Crippen molar-refractivity contribution in [2.45, 2.75) is 32.2 Å². The van der Waals surface area contributed by atoms with Gasteiger partial charge in [-0.2, -0.15) is 0 Å². The summed E-state index contributed by atoms with van der Waals surface area (Å²) in [7, 11) is 1.81. The van der Waals surface area contributed by atoms with Crippen LogP contribution in [0.15, 0.2) is 18.3 Å². The number of nitrogens with zero attached hydrogens (tertiary/aromatic N) is 2. The Hall–Kier alpha value is -1.62. The average molecular weight is 276 g/mol. The number of likely N-dealkylation sites (tertiary alicyclic amines) is 1. The second-order valence-corrected chi connectivity index (χ2v) is 5.34. The van der Waals surface area contributed by atoms with E-state index in [-0.39, 0.29) is 5.91 Å². The monoisotopic (exact) mass is 276 g/mol. The van der Waals surface area contributed by atoms with Gasteiger partial charge in [0.2, 0.25) is 0 Å². The van der Waals surface area contributed by atoms with Gasteiger partial charge in [0.15, 0.2) is 0 Å². The summed E-state index contributed by atoms with van der Waals surface area (Å²) in [5, 5.41) is 5.93. The van der Waals surface area contributed by atoms with Crippen LogP contribution in [0.1, 0.15) is 36.5 Å². The lowest BCUT2D eigenvalue weighted by Gasteiger charge is -2.32. The first kappa shape index (κ1) is 14.8. The molecule has 20 heavy (non-hydrogen) atoms. The van der Waals surface area contributed by atoms with Crippen molar-refractivity contribution in [1.29, 1.82) is 0 Å². The van der Waals surface area contributed by atoms with E-state index >= 15 is 0 Å². The molecule has 1 amide bonds. The number of piperidine rings is 1. The van der Waals surface area contributed by atoms with E-state index < -0.39 is 0 Å². The lowest BCUT2D eigenvalue weighted by Crippen LogP contribution is -2.44. The summed E-state index contributed by atoms with van der Waals surface area (Å²) in [6.07, 6.45) is 5.48. The Kier molecular flexibility index (Phi) is 5.35. The van der Waals surface area contributed by atoms with Gasteiger partial charge in [0.1, 0.15) is 5.82 Å². The fourth-order valence-corrected chi connectivity index (χ4v) is 2.51. The van der Waals surface area contributed by atoms with Gasteiger partial charge >= 0.3 is 0 Å². The zero-order chi connectivity index (χ0) is 14.4. The molecule has 2 rings (SSSR count). The first-order valence-electron chi connectivity index (χ1n) is 7.37. The Balaban J connectivity index is 1.81. The second kappa shape index (κ2) is 7.24. The molecule has 0 aromatic carbocycles. The van der Waals surface area contributed by atoms with Crippen LogP contribution in [0.2, 0.25) is 0 Å². The Morgan fingerprint density at radius 1 is 1.35 bits per heavy atom. The minimum absolute atomic E-state index is 0.0518. The van der Waals surface area contributed by atoms with Crippen molar-refractivity contribution in [3.8, 4) is 0 Å². The molecule has 1 aromatic rings. The largest absolute Gasteiger partial charge is 0.373 e. The highest BCUT2D eigenvalue weighted by molar-refractivity contribution is 5.94. The third kappa shape index (κ3) is 3.93. The molecule has 5 nitrogen and oxygen atoms in total. The van der Waals surface area contributed by atoms with Crippen molar-refractivity contribution >= 4 is 11.7 Å². The van der Waals surface area contributed by atoms with Gasteiger partial charge in [-0.15, -0.1) is 0 Å². The molecule has 1 unspecified atom stereocenters. The molecule has 1 aliphatic rings. The molecule has 110 valence electrons. The number of hydrogen-bond donors (Lipinski definition) is 2. The Morgan fingerprint density at radius 3 is 2.70 bits per heavy atom. The van der Waals surface area contributed by atoms with E-state index in [0.717, 1.165) is 18.9 Å². The highest BCUT2D eigenvalue weighted by Gasteiger charge is 2.17. The predicted molar refractivity (Wildman–Crippen MR) is 81.0 cm³/mol. The van der Waals surface area contributed by atoms with Gasteiger partial charge in [0, 0.05) is 25.8 Å². The third-order valence-corrected chi connectivity index (χ3v) is 3.85. The Morgan fingerprint density at radius 2 is 2.10 bits per heavy atom. The zero-order valence-electron chi connectivity index (χ0n) is 12.4. The molecule has 1 atom stereocenters. The highest BCUT2D eigenvalue weighted by Crippen LogP contribution is 2.11. The van der Waals surface area contributed by atoms with Crippen LogP contribution in [0, 0.1) is 0 Å². The molecule has 2 N–H and O–H groups in total. The standard InChI is InChI=1S/C15H24N4O/c1-12(19-8-4-3-5-9-19)10-18-15(20)13-6-7-14(16-2)17-11-13/h6-7,11-12H,3-5,8-10H2,1-2H3,(H,16,17)(H,18,20). The van der Waals surface area contributed by atoms with Crippen molar-refractivity contribution in [2.75, 3.05) is 32.0 Å². The summed E-state index contributed by atoms with van der Waals surface area (Å²) in [6, 6.07) is 3.99. The molecule has 1 aliphatic heterocycles. The fraction of sp³-hybridized carbons (Fsp3) is 0.600. The minimum atomic E-state index is -0.0518.